The quantitative estimate of drug-likeness (QED) is 0.803. The van der Waals surface area contributed by atoms with E-state index in [9.17, 15) is 0 Å². The van der Waals surface area contributed by atoms with Gasteiger partial charge >= 0.3 is 0 Å². The standard InChI is InChI=1S/C11H12N2O2S/c12-6-8(13)7-16-9-1-2-10-11(5-9)15-4-3-14-10/h1-2,5,8H,3-4,7,13H2. The van der Waals surface area contributed by atoms with Crippen LogP contribution in [0.1, 0.15) is 0 Å². The van der Waals surface area contributed by atoms with Crippen LogP contribution in [0.4, 0.5) is 0 Å². The second-order valence-corrected chi connectivity index (χ2v) is 4.45. The van der Waals surface area contributed by atoms with Crippen LogP contribution in [-0.2, 0) is 0 Å². The van der Waals surface area contributed by atoms with Crippen LogP contribution in [-0.4, -0.2) is 25.0 Å². The number of nitrogens with zero attached hydrogens (tertiary/aromatic N) is 1. The highest BCUT2D eigenvalue weighted by Crippen LogP contribution is 2.34. The molecule has 0 spiro atoms. The van der Waals surface area contributed by atoms with Crippen molar-refractivity contribution in [3.8, 4) is 17.6 Å². The topological polar surface area (TPSA) is 68.3 Å². The molecule has 0 bridgehead atoms. The minimum Gasteiger partial charge on any atom is -0.486 e. The first-order valence-electron chi connectivity index (χ1n) is 4.97. The van der Waals surface area contributed by atoms with Gasteiger partial charge in [-0.1, -0.05) is 0 Å². The third kappa shape index (κ3) is 2.60. The van der Waals surface area contributed by atoms with Gasteiger partial charge in [0.1, 0.15) is 19.3 Å². The van der Waals surface area contributed by atoms with Crippen molar-refractivity contribution >= 4 is 11.8 Å². The summed E-state index contributed by atoms with van der Waals surface area (Å²) in [6, 6.07) is 7.32. The predicted molar refractivity (Wildman–Crippen MR) is 61.7 cm³/mol. The molecule has 1 aromatic rings. The SMILES string of the molecule is N#CC(N)CSc1ccc2c(c1)OCCO2. The van der Waals surface area contributed by atoms with Gasteiger partial charge in [-0.3, -0.25) is 0 Å². The average molecular weight is 236 g/mol. The third-order valence-corrected chi connectivity index (χ3v) is 3.22. The lowest BCUT2D eigenvalue weighted by molar-refractivity contribution is 0.171. The molecule has 0 saturated carbocycles. The molecule has 5 heteroatoms. The van der Waals surface area contributed by atoms with E-state index in [1.807, 2.05) is 24.3 Å². The highest BCUT2D eigenvalue weighted by molar-refractivity contribution is 7.99. The van der Waals surface area contributed by atoms with Gasteiger partial charge < -0.3 is 15.2 Å². The zero-order chi connectivity index (χ0) is 11.4. The number of hydrogen-bond donors (Lipinski definition) is 1. The van der Waals surface area contributed by atoms with Gasteiger partial charge in [-0.25, -0.2) is 0 Å². The second kappa shape index (κ2) is 5.10. The van der Waals surface area contributed by atoms with Gasteiger partial charge in [0.2, 0.25) is 0 Å². The number of hydrogen-bond acceptors (Lipinski definition) is 5. The lowest BCUT2D eigenvalue weighted by Gasteiger charge is -2.18. The highest BCUT2D eigenvalue weighted by Gasteiger charge is 2.12. The molecule has 1 heterocycles. The van der Waals surface area contributed by atoms with E-state index in [-0.39, 0.29) is 0 Å². The van der Waals surface area contributed by atoms with Crippen molar-refractivity contribution in [2.24, 2.45) is 5.73 Å². The molecule has 84 valence electrons. The summed E-state index contributed by atoms with van der Waals surface area (Å²) in [5.41, 5.74) is 5.52. The minimum absolute atomic E-state index is 0.432. The smallest absolute Gasteiger partial charge is 0.162 e. The van der Waals surface area contributed by atoms with E-state index in [0.717, 1.165) is 16.4 Å². The van der Waals surface area contributed by atoms with Gasteiger partial charge in [0.05, 0.1) is 6.07 Å². The number of nitriles is 1. The Morgan fingerprint density at radius 2 is 2.12 bits per heavy atom. The molecule has 4 nitrogen and oxygen atoms in total. The summed E-state index contributed by atoms with van der Waals surface area (Å²) >= 11 is 1.54. The Hall–Kier alpha value is -1.38. The summed E-state index contributed by atoms with van der Waals surface area (Å²) in [4.78, 5) is 1.04. The number of nitrogens with two attached hydrogens (primary N) is 1. The maximum Gasteiger partial charge on any atom is 0.162 e. The first-order valence-corrected chi connectivity index (χ1v) is 5.96. The second-order valence-electron chi connectivity index (χ2n) is 3.35. The summed E-state index contributed by atoms with van der Waals surface area (Å²) in [6.45, 7) is 1.18. The molecule has 0 radical (unpaired) electrons. The number of fused-ring (bicyclic) bond motifs is 1. The molecule has 1 unspecified atom stereocenters. The predicted octanol–water partition coefficient (Wildman–Crippen LogP) is 1.40. The van der Waals surface area contributed by atoms with Crippen LogP contribution in [0.15, 0.2) is 23.1 Å². The van der Waals surface area contributed by atoms with Gasteiger partial charge in [-0.05, 0) is 18.2 Å². The van der Waals surface area contributed by atoms with Crippen molar-refractivity contribution in [2.45, 2.75) is 10.9 Å². The number of benzene rings is 1. The van der Waals surface area contributed by atoms with E-state index in [0.29, 0.717) is 19.0 Å². The van der Waals surface area contributed by atoms with E-state index in [4.69, 9.17) is 20.5 Å². The van der Waals surface area contributed by atoms with Crippen molar-refractivity contribution in [3.63, 3.8) is 0 Å². The molecule has 0 amide bonds. The van der Waals surface area contributed by atoms with E-state index < -0.39 is 6.04 Å². The molecule has 1 atom stereocenters. The number of thioether (sulfide) groups is 1. The molecular formula is C11H12N2O2S. The molecule has 0 aromatic heterocycles. The van der Waals surface area contributed by atoms with Crippen LogP contribution in [0.2, 0.25) is 0 Å². The van der Waals surface area contributed by atoms with Gasteiger partial charge in [-0.2, -0.15) is 5.26 Å². The molecule has 2 rings (SSSR count). The average Bonchev–Trinajstić information content (AvgIpc) is 2.35. The number of rotatable bonds is 3. The van der Waals surface area contributed by atoms with E-state index in [2.05, 4.69) is 0 Å². The monoisotopic (exact) mass is 236 g/mol. The zero-order valence-corrected chi connectivity index (χ0v) is 9.50. The van der Waals surface area contributed by atoms with E-state index >= 15 is 0 Å². The Balaban J connectivity index is 2.03. The van der Waals surface area contributed by atoms with Gasteiger partial charge in [0.15, 0.2) is 11.5 Å². The Labute approximate surface area is 98.3 Å². The van der Waals surface area contributed by atoms with Crippen LogP contribution in [0.3, 0.4) is 0 Å². The summed E-state index contributed by atoms with van der Waals surface area (Å²) in [7, 11) is 0. The van der Waals surface area contributed by atoms with Gasteiger partial charge in [-0.15, -0.1) is 11.8 Å². The molecule has 16 heavy (non-hydrogen) atoms. The summed E-state index contributed by atoms with van der Waals surface area (Å²) in [5, 5.41) is 8.57. The van der Waals surface area contributed by atoms with Crippen LogP contribution < -0.4 is 15.2 Å². The molecule has 0 fully saturated rings. The van der Waals surface area contributed by atoms with Crippen LogP contribution in [0.25, 0.3) is 0 Å². The molecule has 0 saturated heterocycles. The largest absolute Gasteiger partial charge is 0.486 e. The van der Waals surface area contributed by atoms with Crippen LogP contribution in [0.5, 0.6) is 11.5 Å². The maximum atomic E-state index is 8.57. The first-order chi connectivity index (χ1) is 7.79. The minimum atomic E-state index is -0.432. The van der Waals surface area contributed by atoms with E-state index in [1.165, 1.54) is 0 Å². The molecule has 1 aliphatic heterocycles. The Kier molecular flexibility index (Phi) is 3.54. The van der Waals surface area contributed by atoms with Gasteiger partial charge in [0.25, 0.3) is 0 Å². The molecule has 1 aromatic carbocycles. The molecule has 2 N–H and O–H groups in total. The third-order valence-electron chi connectivity index (χ3n) is 2.11. The summed E-state index contributed by atoms with van der Waals surface area (Å²) < 4.78 is 10.9. The highest BCUT2D eigenvalue weighted by atomic mass is 32.2. The van der Waals surface area contributed by atoms with Crippen molar-refractivity contribution in [1.82, 2.24) is 0 Å². The fourth-order valence-electron chi connectivity index (χ4n) is 1.34. The zero-order valence-electron chi connectivity index (χ0n) is 8.68. The Bertz CT molecular complexity index is 417. The van der Waals surface area contributed by atoms with Crippen molar-refractivity contribution in [2.75, 3.05) is 19.0 Å². The normalized spacial score (nSPS) is 15.2. The molecular weight excluding hydrogens is 224 g/mol. The lowest BCUT2D eigenvalue weighted by Crippen LogP contribution is -2.19. The van der Waals surface area contributed by atoms with Crippen LogP contribution >= 0.6 is 11.8 Å². The number of ether oxygens (including phenoxy) is 2. The lowest BCUT2D eigenvalue weighted by atomic mass is 10.3. The van der Waals surface area contributed by atoms with Gasteiger partial charge in [0, 0.05) is 10.6 Å². The van der Waals surface area contributed by atoms with E-state index in [1.54, 1.807) is 11.8 Å². The summed E-state index contributed by atoms with van der Waals surface area (Å²) in [6.07, 6.45) is 0. The first kappa shape index (κ1) is 11.1. The Morgan fingerprint density at radius 3 is 2.88 bits per heavy atom. The van der Waals surface area contributed by atoms with Crippen molar-refractivity contribution in [1.29, 1.82) is 5.26 Å². The molecule has 1 aliphatic rings. The Morgan fingerprint density at radius 1 is 1.38 bits per heavy atom. The molecule has 0 aliphatic carbocycles. The fraction of sp³-hybridized carbons (Fsp3) is 0.364. The summed E-state index contributed by atoms with van der Waals surface area (Å²) in [5.74, 6) is 2.12. The van der Waals surface area contributed by atoms with Crippen molar-refractivity contribution in [3.05, 3.63) is 18.2 Å². The van der Waals surface area contributed by atoms with Crippen molar-refractivity contribution < 1.29 is 9.47 Å². The maximum absolute atomic E-state index is 8.57. The van der Waals surface area contributed by atoms with Crippen LogP contribution in [0, 0.1) is 11.3 Å². The fourth-order valence-corrected chi connectivity index (χ4v) is 2.14.